The number of carbonyl (C=O) groups is 1. The lowest BCUT2D eigenvalue weighted by Crippen LogP contribution is -2.32. The van der Waals surface area contributed by atoms with Crippen molar-refractivity contribution in [3.63, 3.8) is 0 Å². The molecule has 2 rings (SSSR count). The minimum Gasteiger partial charge on any atom is -0.481 e. The number of carboxylic acid groups (broad SMARTS) is 1. The molecule has 1 aromatic heterocycles. The Kier molecular flexibility index (Phi) is 2.51. The van der Waals surface area contributed by atoms with E-state index in [2.05, 4.69) is 15.8 Å². The van der Waals surface area contributed by atoms with E-state index in [-0.39, 0.29) is 18.5 Å². The number of aliphatic carboxylic acids is 1. The van der Waals surface area contributed by atoms with Crippen LogP contribution in [0.2, 0.25) is 0 Å². The van der Waals surface area contributed by atoms with Crippen LogP contribution in [0, 0.1) is 0 Å². The molecule has 0 saturated carbocycles. The summed E-state index contributed by atoms with van der Waals surface area (Å²) < 4.78 is 0. The summed E-state index contributed by atoms with van der Waals surface area (Å²) in [5.41, 5.74) is 7.22. The van der Waals surface area contributed by atoms with Crippen LogP contribution in [0.5, 0.6) is 0 Å². The van der Waals surface area contributed by atoms with E-state index in [0.717, 1.165) is 12.0 Å². The van der Waals surface area contributed by atoms with Crippen molar-refractivity contribution < 1.29 is 9.90 Å². The van der Waals surface area contributed by atoms with Crippen LogP contribution in [-0.2, 0) is 4.79 Å². The quantitative estimate of drug-likeness (QED) is 0.563. The first-order chi connectivity index (χ1) is 6.75. The Balaban J connectivity index is 1.92. The molecule has 1 aliphatic rings. The summed E-state index contributed by atoms with van der Waals surface area (Å²) in [7, 11) is 0. The maximum Gasteiger partial charge on any atom is 0.304 e. The number of aromatic amines is 1. The number of carboxylic acids is 1. The van der Waals surface area contributed by atoms with Gasteiger partial charge in [0.25, 0.3) is 0 Å². The number of nitrogens with one attached hydrogen (secondary N) is 3. The zero-order chi connectivity index (χ0) is 9.97. The summed E-state index contributed by atoms with van der Waals surface area (Å²) in [5, 5.41) is 8.62. The highest BCUT2D eigenvalue weighted by atomic mass is 16.4. The van der Waals surface area contributed by atoms with Crippen molar-refractivity contribution in [3.05, 3.63) is 24.0 Å². The lowest BCUT2D eigenvalue weighted by molar-refractivity contribution is -0.137. The molecular weight excluding hydrogens is 182 g/mol. The van der Waals surface area contributed by atoms with Crippen LogP contribution in [0.4, 0.5) is 0 Å². The smallest absolute Gasteiger partial charge is 0.304 e. The molecule has 1 aliphatic heterocycles. The first-order valence-electron chi connectivity index (χ1n) is 4.61. The Hall–Kier alpha value is -1.33. The van der Waals surface area contributed by atoms with Crippen LogP contribution < -0.4 is 10.9 Å². The summed E-state index contributed by atoms with van der Waals surface area (Å²) >= 11 is 0. The van der Waals surface area contributed by atoms with Crippen LogP contribution in [0.1, 0.15) is 24.4 Å². The molecule has 2 unspecified atom stereocenters. The fourth-order valence-corrected chi connectivity index (χ4v) is 1.74. The number of rotatable bonds is 3. The largest absolute Gasteiger partial charge is 0.481 e. The molecule has 0 amide bonds. The zero-order valence-electron chi connectivity index (χ0n) is 7.66. The number of aromatic nitrogens is 1. The second-order valence-corrected chi connectivity index (χ2v) is 3.52. The Morgan fingerprint density at radius 1 is 1.57 bits per heavy atom. The summed E-state index contributed by atoms with van der Waals surface area (Å²) in [6.45, 7) is 0. The Morgan fingerprint density at radius 2 is 2.43 bits per heavy atom. The van der Waals surface area contributed by atoms with Gasteiger partial charge in [-0.05, 0) is 18.1 Å². The van der Waals surface area contributed by atoms with E-state index in [1.807, 2.05) is 18.5 Å². The summed E-state index contributed by atoms with van der Waals surface area (Å²) in [6.07, 6.45) is 4.75. The predicted octanol–water partition coefficient (Wildman–Crippen LogP) is 0.397. The van der Waals surface area contributed by atoms with Gasteiger partial charge in [0, 0.05) is 24.5 Å². The molecule has 2 atom stereocenters. The van der Waals surface area contributed by atoms with Gasteiger partial charge >= 0.3 is 5.97 Å². The van der Waals surface area contributed by atoms with Gasteiger partial charge in [0.2, 0.25) is 0 Å². The highest BCUT2D eigenvalue weighted by molar-refractivity contribution is 5.67. The second-order valence-electron chi connectivity index (χ2n) is 3.52. The molecule has 0 bridgehead atoms. The molecule has 0 aromatic carbocycles. The highest BCUT2D eigenvalue weighted by Crippen LogP contribution is 2.22. The average Bonchev–Trinajstić information content (AvgIpc) is 2.69. The topological polar surface area (TPSA) is 77.1 Å². The van der Waals surface area contributed by atoms with Gasteiger partial charge in [0.15, 0.2) is 0 Å². The van der Waals surface area contributed by atoms with Crippen molar-refractivity contribution in [1.82, 2.24) is 15.8 Å². The summed E-state index contributed by atoms with van der Waals surface area (Å²) in [5.74, 6) is -0.765. The van der Waals surface area contributed by atoms with Crippen molar-refractivity contribution in [1.29, 1.82) is 0 Å². The van der Waals surface area contributed by atoms with Gasteiger partial charge in [-0.3, -0.25) is 10.2 Å². The summed E-state index contributed by atoms with van der Waals surface area (Å²) in [6, 6.07) is 2.22. The van der Waals surface area contributed by atoms with Gasteiger partial charge in [-0.15, -0.1) is 0 Å². The molecule has 0 radical (unpaired) electrons. The van der Waals surface area contributed by atoms with Crippen LogP contribution in [0.3, 0.4) is 0 Å². The molecule has 0 aliphatic carbocycles. The number of hydrogen-bond donors (Lipinski definition) is 4. The van der Waals surface area contributed by atoms with E-state index in [0.29, 0.717) is 0 Å². The third-order valence-electron chi connectivity index (χ3n) is 2.43. The van der Waals surface area contributed by atoms with E-state index in [1.165, 1.54) is 0 Å². The Bertz CT molecular complexity index is 310. The van der Waals surface area contributed by atoms with Gasteiger partial charge < -0.3 is 10.1 Å². The van der Waals surface area contributed by atoms with Crippen LogP contribution in [0.25, 0.3) is 0 Å². The third kappa shape index (κ3) is 1.94. The maximum absolute atomic E-state index is 10.5. The first kappa shape index (κ1) is 9.23. The molecule has 76 valence electrons. The van der Waals surface area contributed by atoms with Crippen molar-refractivity contribution in [2.24, 2.45) is 0 Å². The molecule has 5 heteroatoms. The zero-order valence-corrected chi connectivity index (χ0v) is 7.66. The molecule has 1 saturated heterocycles. The van der Waals surface area contributed by atoms with Gasteiger partial charge in [0.05, 0.1) is 6.42 Å². The van der Waals surface area contributed by atoms with Gasteiger partial charge in [0.1, 0.15) is 0 Å². The Labute approximate surface area is 81.5 Å². The van der Waals surface area contributed by atoms with Gasteiger partial charge in [-0.2, -0.15) is 0 Å². The SMILES string of the molecule is O=C(O)CC1CC(c2cc[nH]c2)NN1. The predicted molar refractivity (Wildman–Crippen MR) is 50.5 cm³/mol. The second kappa shape index (κ2) is 3.81. The van der Waals surface area contributed by atoms with Gasteiger partial charge in [-0.1, -0.05) is 0 Å². The molecular formula is C9H13N3O2. The maximum atomic E-state index is 10.5. The summed E-state index contributed by atoms with van der Waals surface area (Å²) in [4.78, 5) is 13.5. The van der Waals surface area contributed by atoms with E-state index < -0.39 is 5.97 Å². The molecule has 0 spiro atoms. The molecule has 5 nitrogen and oxygen atoms in total. The highest BCUT2D eigenvalue weighted by Gasteiger charge is 2.26. The van der Waals surface area contributed by atoms with E-state index in [9.17, 15) is 4.79 Å². The lowest BCUT2D eigenvalue weighted by Gasteiger charge is -2.05. The molecule has 1 fully saturated rings. The number of hydrazine groups is 1. The lowest BCUT2D eigenvalue weighted by atomic mass is 10.0. The molecule has 4 N–H and O–H groups in total. The first-order valence-corrected chi connectivity index (χ1v) is 4.61. The fourth-order valence-electron chi connectivity index (χ4n) is 1.74. The molecule has 2 heterocycles. The number of hydrogen-bond acceptors (Lipinski definition) is 3. The van der Waals surface area contributed by atoms with Crippen LogP contribution in [0.15, 0.2) is 18.5 Å². The van der Waals surface area contributed by atoms with E-state index in [1.54, 1.807) is 0 Å². The Morgan fingerprint density at radius 3 is 3.07 bits per heavy atom. The van der Waals surface area contributed by atoms with E-state index in [4.69, 9.17) is 5.11 Å². The number of H-pyrrole nitrogens is 1. The van der Waals surface area contributed by atoms with E-state index >= 15 is 0 Å². The third-order valence-corrected chi connectivity index (χ3v) is 2.43. The fraction of sp³-hybridized carbons (Fsp3) is 0.444. The standard InChI is InChI=1S/C9H13N3O2/c13-9(14)4-7-3-8(12-11-7)6-1-2-10-5-6/h1-2,5,7-8,10-12H,3-4H2,(H,13,14). The van der Waals surface area contributed by atoms with Crippen LogP contribution in [-0.4, -0.2) is 22.1 Å². The molecule has 1 aromatic rings. The van der Waals surface area contributed by atoms with Crippen LogP contribution >= 0.6 is 0 Å². The van der Waals surface area contributed by atoms with Crippen molar-refractivity contribution in [2.45, 2.75) is 24.9 Å². The monoisotopic (exact) mass is 195 g/mol. The van der Waals surface area contributed by atoms with Crippen molar-refractivity contribution >= 4 is 5.97 Å². The van der Waals surface area contributed by atoms with Crippen molar-refractivity contribution in [2.75, 3.05) is 0 Å². The molecule has 14 heavy (non-hydrogen) atoms. The minimum absolute atomic E-state index is 0.0207. The normalized spacial score (nSPS) is 26.6. The van der Waals surface area contributed by atoms with Crippen molar-refractivity contribution in [3.8, 4) is 0 Å². The average molecular weight is 195 g/mol. The minimum atomic E-state index is -0.765. The van der Waals surface area contributed by atoms with Gasteiger partial charge in [-0.25, -0.2) is 5.43 Å².